The van der Waals surface area contributed by atoms with E-state index in [1.165, 1.54) is 21.9 Å². The summed E-state index contributed by atoms with van der Waals surface area (Å²) in [6.45, 7) is 4.84. The maximum atomic E-state index is 13.4. The summed E-state index contributed by atoms with van der Waals surface area (Å²) in [5.41, 5.74) is 0.329. The Balaban J connectivity index is 1.58. The Hall–Kier alpha value is -2.68. The van der Waals surface area contributed by atoms with Crippen molar-refractivity contribution in [2.75, 3.05) is 25.0 Å². The average Bonchev–Trinajstić information content (AvgIpc) is 2.83. The van der Waals surface area contributed by atoms with Crippen LogP contribution in [0.2, 0.25) is 5.02 Å². The van der Waals surface area contributed by atoms with Crippen molar-refractivity contribution < 1.29 is 23.6 Å². The minimum atomic E-state index is -0.590. The number of amides is 5. The monoisotopic (exact) mass is 522 g/mol. The summed E-state index contributed by atoms with van der Waals surface area (Å²) in [4.78, 5) is 54.0. The average molecular weight is 523 g/mol. The van der Waals surface area contributed by atoms with E-state index in [0.717, 1.165) is 25.3 Å². The van der Waals surface area contributed by atoms with Gasteiger partial charge in [-0.15, -0.1) is 0 Å². The predicted molar refractivity (Wildman–Crippen MR) is 136 cm³/mol. The molecule has 2 aliphatic rings. The van der Waals surface area contributed by atoms with Gasteiger partial charge in [-0.1, -0.05) is 38.3 Å². The number of halogens is 2. The second-order valence-electron chi connectivity index (χ2n) is 10.0. The molecule has 2 fully saturated rings. The van der Waals surface area contributed by atoms with Crippen molar-refractivity contribution in [1.82, 2.24) is 15.1 Å². The van der Waals surface area contributed by atoms with Gasteiger partial charge in [0.2, 0.25) is 17.7 Å². The Bertz CT molecular complexity index is 973. The van der Waals surface area contributed by atoms with Crippen LogP contribution in [0.5, 0.6) is 0 Å². The molecule has 0 aromatic heterocycles. The van der Waals surface area contributed by atoms with E-state index in [0.29, 0.717) is 50.3 Å². The van der Waals surface area contributed by atoms with E-state index in [9.17, 15) is 23.6 Å². The number of nitrogens with one attached hydrogen (secondary N) is 2. The number of benzene rings is 1. The van der Waals surface area contributed by atoms with E-state index in [1.807, 2.05) is 0 Å². The highest BCUT2D eigenvalue weighted by Crippen LogP contribution is 2.34. The van der Waals surface area contributed by atoms with Gasteiger partial charge in [0.1, 0.15) is 12.4 Å². The van der Waals surface area contributed by atoms with Crippen LogP contribution in [0.4, 0.5) is 14.9 Å². The van der Waals surface area contributed by atoms with E-state index in [1.54, 1.807) is 0 Å². The first-order chi connectivity index (χ1) is 17.2. The number of rotatable bonds is 11. The highest BCUT2D eigenvalue weighted by atomic mass is 35.5. The van der Waals surface area contributed by atoms with Crippen LogP contribution in [0.15, 0.2) is 18.2 Å². The third-order valence-corrected chi connectivity index (χ3v) is 7.08. The molecule has 0 spiro atoms. The number of fused-ring (bicyclic) bond motifs is 1. The second-order valence-corrected chi connectivity index (χ2v) is 10.4. The van der Waals surface area contributed by atoms with Gasteiger partial charge < -0.3 is 15.5 Å². The van der Waals surface area contributed by atoms with Crippen LogP contribution in [0.25, 0.3) is 0 Å². The highest BCUT2D eigenvalue weighted by molar-refractivity contribution is 6.31. The van der Waals surface area contributed by atoms with Gasteiger partial charge in [-0.25, -0.2) is 9.18 Å². The molecule has 2 N–H and O–H groups in total. The van der Waals surface area contributed by atoms with Crippen molar-refractivity contribution >= 4 is 41.0 Å². The van der Waals surface area contributed by atoms with Crippen LogP contribution in [-0.2, 0) is 14.4 Å². The lowest BCUT2D eigenvalue weighted by Crippen LogP contribution is -2.63. The molecule has 198 valence electrons. The Morgan fingerprint density at radius 1 is 1.14 bits per heavy atom. The summed E-state index contributed by atoms with van der Waals surface area (Å²) in [7, 11) is 0. The highest BCUT2D eigenvalue weighted by Gasteiger charge is 2.47. The van der Waals surface area contributed by atoms with Gasteiger partial charge in [-0.05, 0) is 56.2 Å². The van der Waals surface area contributed by atoms with Gasteiger partial charge in [0.05, 0.1) is 10.9 Å². The molecule has 36 heavy (non-hydrogen) atoms. The fourth-order valence-electron chi connectivity index (χ4n) is 4.83. The minimum absolute atomic E-state index is 0.0292. The van der Waals surface area contributed by atoms with Gasteiger partial charge >= 0.3 is 6.03 Å². The minimum Gasteiger partial charge on any atom is -0.356 e. The van der Waals surface area contributed by atoms with Gasteiger partial charge in [0.15, 0.2) is 0 Å². The van der Waals surface area contributed by atoms with Crippen molar-refractivity contribution in [3.63, 3.8) is 0 Å². The van der Waals surface area contributed by atoms with E-state index in [4.69, 9.17) is 11.6 Å². The molecule has 3 rings (SSSR count). The number of unbranched alkanes of at least 4 members (excludes halogenated alkanes) is 1. The van der Waals surface area contributed by atoms with Gasteiger partial charge in [0.25, 0.3) is 0 Å². The van der Waals surface area contributed by atoms with E-state index < -0.39 is 17.8 Å². The molecule has 1 aromatic rings. The molecule has 0 bridgehead atoms. The third kappa shape index (κ3) is 7.41. The first kappa shape index (κ1) is 27.9. The Morgan fingerprint density at radius 3 is 2.61 bits per heavy atom. The molecule has 1 saturated heterocycles. The summed E-state index contributed by atoms with van der Waals surface area (Å²) in [5, 5.41) is 5.44. The lowest BCUT2D eigenvalue weighted by molar-refractivity contribution is -0.141. The number of urea groups is 1. The molecular weight excluding hydrogens is 487 g/mol. The molecule has 2 atom stereocenters. The summed E-state index contributed by atoms with van der Waals surface area (Å²) in [6, 6.07) is 3.08. The molecule has 1 aliphatic heterocycles. The maximum Gasteiger partial charge on any atom is 0.327 e. The summed E-state index contributed by atoms with van der Waals surface area (Å²) >= 11 is 5.80. The zero-order chi connectivity index (χ0) is 26.2. The van der Waals surface area contributed by atoms with Crippen molar-refractivity contribution in [2.24, 2.45) is 11.8 Å². The number of imide groups is 1. The smallest absolute Gasteiger partial charge is 0.327 e. The predicted octanol–water partition coefficient (Wildman–Crippen LogP) is 4.57. The van der Waals surface area contributed by atoms with Gasteiger partial charge in [-0.2, -0.15) is 0 Å². The number of anilines is 1. The molecule has 1 heterocycles. The topological polar surface area (TPSA) is 98.8 Å². The quantitative estimate of drug-likeness (QED) is 0.416. The lowest BCUT2D eigenvalue weighted by Gasteiger charge is -2.46. The normalized spacial score (nSPS) is 19.9. The van der Waals surface area contributed by atoms with Crippen LogP contribution >= 0.6 is 11.6 Å². The van der Waals surface area contributed by atoms with Crippen molar-refractivity contribution in [3.8, 4) is 0 Å². The number of hydrogen-bond acceptors (Lipinski definition) is 4. The zero-order valence-corrected chi connectivity index (χ0v) is 21.8. The Kier molecular flexibility index (Phi) is 10.1. The molecule has 10 heteroatoms. The van der Waals surface area contributed by atoms with Crippen LogP contribution in [0.3, 0.4) is 0 Å². The summed E-state index contributed by atoms with van der Waals surface area (Å²) in [6.07, 6.45) is 5.47. The first-order valence-corrected chi connectivity index (χ1v) is 13.2. The fourth-order valence-corrected chi connectivity index (χ4v) is 5.01. The second kappa shape index (κ2) is 13.0. The SMILES string of the molecule is CC(C)CCNC(=O)CCCCN1C(=O)C2CCCCC2N(CC(=O)Nc2ccc(F)c(Cl)c2)C1=O. The molecular formula is C26H36ClFN4O4. The summed E-state index contributed by atoms with van der Waals surface area (Å²) < 4.78 is 13.4. The van der Waals surface area contributed by atoms with Crippen LogP contribution in [-0.4, -0.2) is 59.2 Å². The summed E-state index contributed by atoms with van der Waals surface area (Å²) in [5.74, 6) is -1.06. The van der Waals surface area contributed by atoms with E-state index in [2.05, 4.69) is 24.5 Å². The molecule has 1 aromatic carbocycles. The number of hydrogen-bond donors (Lipinski definition) is 2. The maximum absolute atomic E-state index is 13.4. The van der Waals surface area contributed by atoms with E-state index in [-0.39, 0.29) is 41.9 Å². The molecule has 0 radical (unpaired) electrons. The molecule has 5 amide bonds. The molecule has 1 saturated carbocycles. The standard InChI is InChI=1S/C26H36ClFN4O4/c1-17(2)12-13-29-23(33)9-5-6-14-31-25(35)19-7-3-4-8-22(19)32(26(31)36)16-24(34)30-18-10-11-21(28)20(27)15-18/h10-11,15,17,19,22H,3-9,12-14,16H2,1-2H3,(H,29,33)(H,30,34). The molecule has 8 nitrogen and oxygen atoms in total. The number of nitrogens with zero attached hydrogens (tertiary/aromatic N) is 2. The van der Waals surface area contributed by atoms with Crippen LogP contribution in [0.1, 0.15) is 65.2 Å². The zero-order valence-electron chi connectivity index (χ0n) is 21.0. The van der Waals surface area contributed by atoms with Crippen molar-refractivity contribution in [1.29, 1.82) is 0 Å². The molecule has 1 aliphatic carbocycles. The van der Waals surface area contributed by atoms with E-state index >= 15 is 0 Å². The third-order valence-electron chi connectivity index (χ3n) is 6.79. The lowest BCUT2D eigenvalue weighted by atomic mass is 9.81. The largest absolute Gasteiger partial charge is 0.356 e. The fraction of sp³-hybridized carbons (Fsp3) is 0.615. The number of carbonyl (C=O) groups is 4. The number of carbonyl (C=O) groups excluding carboxylic acids is 4. The van der Waals surface area contributed by atoms with Gasteiger partial charge in [0, 0.05) is 31.2 Å². The van der Waals surface area contributed by atoms with Crippen molar-refractivity contribution in [2.45, 2.75) is 71.3 Å². The molecule has 2 unspecified atom stereocenters. The van der Waals surface area contributed by atoms with Crippen molar-refractivity contribution in [3.05, 3.63) is 29.0 Å². The van der Waals surface area contributed by atoms with Gasteiger partial charge in [-0.3, -0.25) is 19.3 Å². The first-order valence-electron chi connectivity index (χ1n) is 12.8. The van der Waals surface area contributed by atoms with Crippen LogP contribution in [0, 0.1) is 17.7 Å². The Labute approximate surface area is 216 Å². The Morgan fingerprint density at radius 2 is 1.89 bits per heavy atom. The van der Waals surface area contributed by atoms with Crippen LogP contribution < -0.4 is 10.6 Å².